The van der Waals surface area contributed by atoms with Crippen molar-refractivity contribution in [1.29, 1.82) is 0 Å². The van der Waals surface area contributed by atoms with E-state index < -0.39 is 0 Å². The Morgan fingerprint density at radius 1 is 1.41 bits per heavy atom. The number of ether oxygens (including phenoxy) is 1. The first kappa shape index (κ1) is 13.3. The molecule has 1 saturated carbocycles. The Morgan fingerprint density at radius 3 is 2.76 bits per heavy atom. The minimum Gasteiger partial charge on any atom is -0.378 e. The Balaban J connectivity index is 2.27. The average Bonchev–Trinajstić information content (AvgIpc) is 2.72. The minimum absolute atomic E-state index is 0.134. The van der Waals surface area contributed by atoms with Gasteiger partial charge in [-0.15, -0.1) is 0 Å². The van der Waals surface area contributed by atoms with Crippen LogP contribution < -0.4 is 5.73 Å². The molecule has 0 radical (unpaired) electrons. The molecule has 2 fully saturated rings. The molecule has 0 spiro atoms. The molecule has 1 aliphatic carbocycles. The highest BCUT2D eigenvalue weighted by molar-refractivity contribution is 5.06. The average molecular weight is 240 g/mol. The van der Waals surface area contributed by atoms with Crippen molar-refractivity contribution in [2.75, 3.05) is 26.3 Å². The van der Waals surface area contributed by atoms with Crippen molar-refractivity contribution in [2.45, 2.75) is 57.5 Å². The van der Waals surface area contributed by atoms with Crippen molar-refractivity contribution in [3.8, 4) is 0 Å². The Labute approximate surface area is 106 Å². The largest absolute Gasteiger partial charge is 0.378 e. The molecular weight excluding hydrogens is 212 g/mol. The van der Waals surface area contributed by atoms with Crippen LogP contribution in [0.25, 0.3) is 0 Å². The molecule has 1 saturated heterocycles. The normalized spacial score (nSPS) is 38.5. The second kappa shape index (κ2) is 4.87. The van der Waals surface area contributed by atoms with Gasteiger partial charge in [-0.2, -0.15) is 0 Å². The SMILES string of the molecule is CCC1CCCC1(CN)N1CCOCC1(C)C. The first-order valence-electron chi connectivity index (χ1n) is 7.12. The van der Waals surface area contributed by atoms with Gasteiger partial charge in [-0.3, -0.25) is 4.90 Å². The number of morpholine rings is 1. The minimum atomic E-state index is 0.134. The van der Waals surface area contributed by atoms with Crippen molar-refractivity contribution in [1.82, 2.24) is 4.90 Å². The van der Waals surface area contributed by atoms with Gasteiger partial charge in [0.15, 0.2) is 0 Å². The molecule has 100 valence electrons. The summed E-state index contributed by atoms with van der Waals surface area (Å²) in [6, 6.07) is 0. The van der Waals surface area contributed by atoms with Gasteiger partial charge in [-0.05, 0) is 32.6 Å². The Bertz CT molecular complexity index is 267. The predicted octanol–water partition coefficient (Wildman–Crippen LogP) is 2.00. The van der Waals surface area contributed by atoms with Crippen molar-refractivity contribution < 1.29 is 4.74 Å². The van der Waals surface area contributed by atoms with Crippen LogP contribution in [0.15, 0.2) is 0 Å². The van der Waals surface area contributed by atoms with Gasteiger partial charge < -0.3 is 10.5 Å². The third-order valence-electron chi connectivity index (χ3n) is 4.95. The monoisotopic (exact) mass is 240 g/mol. The number of hydrogen-bond donors (Lipinski definition) is 1. The zero-order valence-electron chi connectivity index (χ0n) is 11.7. The summed E-state index contributed by atoms with van der Waals surface area (Å²) in [7, 11) is 0. The molecule has 2 rings (SSSR count). The fourth-order valence-electron chi connectivity index (χ4n) is 4.13. The van der Waals surface area contributed by atoms with E-state index in [0.717, 1.165) is 32.2 Å². The summed E-state index contributed by atoms with van der Waals surface area (Å²) in [6.45, 7) is 10.5. The second-order valence-corrected chi connectivity index (χ2v) is 6.32. The lowest BCUT2D eigenvalue weighted by Crippen LogP contribution is -2.67. The molecule has 2 atom stereocenters. The molecule has 0 aromatic rings. The lowest BCUT2D eigenvalue weighted by Gasteiger charge is -2.54. The number of nitrogens with zero attached hydrogens (tertiary/aromatic N) is 1. The highest BCUT2D eigenvalue weighted by Gasteiger charge is 2.50. The smallest absolute Gasteiger partial charge is 0.0645 e. The third kappa shape index (κ3) is 2.13. The zero-order chi connectivity index (χ0) is 12.5. The predicted molar refractivity (Wildman–Crippen MR) is 71.0 cm³/mol. The van der Waals surface area contributed by atoms with E-state index in [1.807, 2.05) is 0 Å². The molecule has 17 heavy (non-hydrogen) atoms. The fourth-order valence-corrected chi connectivity index (χ4v) is 4.13. The summed E-state index contributed by atoms with van der Waals surface area (Å²) in [6.07, 6.45) is 5.21. The zero-order valence-corrected chi connectivity index (χ0v) is 11.7. The Kier molecular flexibility index (Phi) is 3.81. The van der Waals surface area contributed by atoms with Crippen molar-refractivity contribution >= 4 is 0 Å². The summed E-state index contributed by atoms with van der Waals surface area (Å²) >= 11 is 0. The number of hydrogen-bond acceptors (Lipinski definition) is 3. The van der Waals surface area contributed by atoms with Crippen molar-refractivity contribution in [3.63, 3.8) is 0 Å². The van der Waals surface area contributed by atoms with Gasteiger partial charge in [0, 0.05) is 24.2 Å². The van der Waals surface area contributed by atoms with Crippen molar-refractivity contribution in [2.24, 2.45) is 11.7 Å². The van der Waals surface area contributed by atoms with Crippen LogP contribution in [-0.2, 0) is 4.74 Å². The van der Waals surface area contributed by atoms with Crippen LogP contribution in [0.4, 0.5) is 0 Å². The molecule has 0 aromatic heterocycles. The lowest BCUT2D eigenvalue weighted by molar-refractivity contribution is -0.115. The summed E-state index contributed by atoms with van der Waals surface area (Å²) in [5.41, 5.74) is 6.58. The van der Waals surface area contributed by atoms with Gasteiger partial charge in [-0.25, -0.2) is 0 Å². The molecule has 0 bridgehead atoms. The van der Waals surface area contributed by atoms with E-state index in [0.29, 0.717) is 0 Å². The standard InChI is InChI=1S/C14H28N2O/c1-4-12-6-5-7-14(12,10-15)16-8-9-17-11-13(16,2)3/h12H,4-11,15H2,1-3H3. The van der Waals surface area contributed by atoms with E-state index in [2.05, 4.69) is 25.7 Å². The molecule has 2 unspecified atom stereocenters. The molecule has 3 heteroatoms. The van der Waals surface area contributed by atoms with Crippen LogP contribution in [0.2, 0.25) is 0 Å². The Morgan fingerprint density at radius 2 is 2.18 bits per heavy atom. The molecular formula is C14H28N2O. The van der Waals surface area contributed by atoms with Crippen LogP contribution in [0, 0.1) is 5.92 Å². The van der Waals surface area contributed by atoms with E-state index in [1.165, 1.54) is 25.7 Å². The van der Waals surface area contributed by atoms with Gasteiger partial charge in [-0.1, -0.05) is 19.8 Å². The molecule has 1 heterocycles. The molecule has 1 aliphatic heterocycles. The van der Waals surface area contributed by atoms with Gasteiger partial charge >= 0.3 is 0 Å². The highest BCUT2D eigenvalue weighted by atomic mass is 16.5. The maximum atomic E-state index is 6.20. The molecule has 2 aliphatic rings. The van der Waals surface area contributed by atoms with Crippen LogP contribution in [-0.4, -0.2) is 42.3 Å². The highest BCUT2D eigenvalue weighted by Crippen LogP contribution is 2.45. The van der Waals surface area contributed by atoms with Crippen LogP contribution in [0.5, 0.6) is 0 Å². The van der Waals surface area contributed by atoms with Gasteiger partial charge in [0.2, 0.25) is 0 Å². The Hall–Kier alpha value is -0.120. The topological polar surface area (TPSA) is 38.5 Å². The summed E-state index contributed by atoms with van der Waals surface area (Å²) < 4.78 is 5.65. The van der Waals surface area contributed by atoms with Gasteiger partial charge in [0.1, 0.15) is 0 Å². The summed E-state index contributed by atoms with van der Waals surface area (Å²) in [4.78, 5) is 2.67. The van der Waals surface area contributed by atoms with E-state index >= 15 is 0 Å². The van der Waals surface area contributed by atoms with Crippen LogP contribution in [0.3, 0.4) is 0 Å². The maximum absolute atomic E-state index is 6.20. The quantitative estimate of drug-likeness (QED) is 0.820. The number of nitrogens with two attached hydrogens (primary N) is 1. The molecule has 2 N–H and O–H groups in total. The van der Waals surface area contributed by atoms with Crippen LogP contribution >= 0.6 is 0 Å². The molecule has 3 nitrogen and oxygen atoms in total. The first-order chi connectivity index (χ1) is 8.07. The van der Waals surface area contributed by atoms with Gasteiger partial charge in [0.05, 0.1) is 13.2 Å². The van der Waals surface area contributed by atoms with Gasteiger partial charge in [0.25, 0.3) is 0 Å². The van der Waals surface area contributed by atoms with E-state index in [-0.39, 0.29) is 11.1 Å². The summed E-state index contributed by atoms with van der Waals surface area (Å²) in [5.74, 6) is 0.768. The van der Waals surface area contributed by atoms with E-state index in [1.54, 1.807) is 0 Å². The van der Waals surface area contributed by atoms with E-state index in [9.17, 15) is 0 Å². The molecule has 0 aromatic carbocycles. The third-order valence-corrected chi connectivity index (χ3v) is 4.95. The van der Waals surface area contributed by atoms with Crippen molar-refractivity contribution in [3.05, 3.63) is 0 Å². The first-order valence-corrected chi connectivity index (χ1v) is 7.12. The number of rotatable bonds is 3. The van der Waals surface area contributed by atoms with E-state index in [4.69, 9.17) is 10.5 Å². The maximum Gasteiger partial charge on any atom is 0.0645 e. The summed E-state index contributed by atoms with van der Waals surface area (Å²) in [5, 5.41) is 0. The molecule has 0 amide bonds. The van der Waals surface area contributed by atoms with Crippen LogP contribution in [0.1, 0.15) is 46.5 Å². The fraction of sp³-hybridized carbons (Fsp3) is 1.00. The lowest BCUT2D eigenvalue weighted by atomic mass is 9.80. The second-order valence-electron chi connectivity index (χ2n) is 6.32.